The van der Waals surface area contributed by atoms with Crippen LogP contribution in [-0.2, 0) is 4.74 Å². The van der Waals surface area contributed by atoms with Gasteiger partial charge in [-0.05, 0) is 54.0 Å². The molecular formula is C14H14BrNO3S. The number of carbonyl (C=O) groups excluding carboxylic acids is 1. The van der Waals surface area contributed by atoms with Crippen molar-refractivity contribution in [2.75, 3.05) is 13.2 Å². The Labute approximate surface area is 129 Å². The molecule has 0 saturated heterocycles. The zero-order valence-corrected chi connectivity index (χ0v) is 13.6. The third-order valence-electron chi connectivity index (χ3n) is 2.50. The number of benzene rings is 1. The number of thiazole rings is 1. The summed E-state index contributed by atoms with van der Waals surface area (Å²) in [5.41, 5.74) is 1.49. The second-order valence-electron chi connectivity index (χ2n) is 3.82. The molecular weight excluding hydrogens is 342 g/mol. The summed E-state index contributed by atoms with van der Waals surface area (Å²) in [6.07, 6.45) is 0. The van der Waals surface area contributed by atoms with E-state index in [4.69, 9.17) is 9.47 Å². The highest BCUT2D eigenvalue weighted by Crippen LogP contribution is 2.32. The summed E-state index contributed by atoms with van der Waals surface area (Å²) < 4.78 is 11.1. The van der Waals surface area contributed by atoms with Crippen LogP contribution in [0.15, 0.2) is 28.2 Å². The van der Waals surface area contributed by atoms with Gasteiger partial charge < -0.3 is 9.47 Å². The Morgan fingerprint density at radius 3 is 2.55 bits per heavy atom. The molecule has 1 heterocycles. The maximum absolute atomic E-state index is 11.9. The maximum Gasteiger partial charge on any atom is 0.350 e. The lowest BCUT2D eigenvalue weighted by Crippen LogP contribution is -2.04. The summed E-state index contributed by atoms with van der Waals surface area (Å²) in [5, 5.41) is 0. The van der Waals surface area contributed by atoms with E-state index in [0.29, 0.717) is 27.7 Å². The van der Waals surface area contributed by atoms with Gasteiger partial charge in [0.1, 0.15) is 10.6 Å². The number of halogens is 1. The van der Waals surface area contributed by atoms with Crippen LogP contribution in [0.3, 0.4) is 0 Å². The SMILES string of the molecule is CCOC(=O)c1sc(Br)nc1-c1ccc(OCC)cc1. The van der Waals surface area contributed by atoms with Crippen molar-refractivity contribution < 1.29 is 14.3 Å². The molecule has 106 valence electrons. The Bertz CT molecular complexity index is 595. The molecule has 0 fully saturated rings. The van der Waals surface area contributed by atoms with Gasteiger partial charge in [-0.3, -0.25) is 0 Å². The first-order chi connectivity index (χ1) is 9.65. The second-order valence-corrected chi connectivity index (χ2v) is 6.10. The highest BCUT2D eigenvalue weighted by atomic mass is 79.9. The van der Waals surface area contributed by atoms with E-state index in [1.54, 1.807) is 6.92 Å². The Kier molecular flexibility index (Phi) is 5.14. The fraction of sp³-hybridized carbons (Fsp3) is 0.286. The molecule has 0 spiro atoms. The van der Waals surface area contributed by atoms with Crippen LogP contribution in [0.2, 0.25) is 0 Å². The van der Waals surface area contributed by atoms with Gasteiger partial charge in [0.05, 0.1) is 18.9 Å². The normalized spacial score (nSPS) is 10.3. The molecule has 1 aromatic carbocycles. The molecule has 0 aliphatic carbocycles. The third-order valence-corrected chi connectivity index (χ3v) is 3.99. The van der Waals surface area contributed by atoms with Gasteiger partial charge in [0, 0.05) is 5.56 Å². The standard InChI is InChI=1S/C14H14BrNO3S/c1-3-18-10-7-5-9(6-8-10)11-12(13(17)19-4-2)20-14(15)16-11/h5-8H,3-4H2,1-2H3. The zero-order chi connectivity index (χ0) is 14.5. The van der Waals surface area contributed by atoms with Crippen LogP contribution in [0.25, 0.3) is 11.3 Å². The maximum atomic E-state index is 11.9. The van der Waals surface area contributed by atoms with Gasteiger partial charge >= 0.3 is 5.97 Å². The molecule has 0 amide bonds. The molecule has 2 aromatic rings. The topological polar surface area (TPSA) is 48.4 Å². The highest BCUT2D eigenvalue weighted by Gasteiger charge is 2.19. The smallest absolute Gasteiger partial charge is 0.350 e. The number of carbonyl (C=O) groups is 1. The lowest BCUT2D eigenvalue weighted by molar-refractivity contribution is 0.0532. The van der Waals surface area contributed by atoms with Gasteiger partial charge in [-0.1, -0.05) is 11.3 Å². The van der Waals surface area contributed by atoms with Crippen LogP contribution in [0, 0.1) is 0 Å². The number of hydrogen-bond donors (Lipinski definition) is 0. The number of hydrogen-bond acceptors (Lipinski definition) is 5. The first kappa shape index (κ1) is 15.0. The average Bonchev–Trinajstić information content (AvgIpc) is 2.82. The third kappa shape index (κ3) is 3.37. The van der Waals surface area contributed by atoms with Crippen molar-refractivity contribution in [2.24, 2.45) is 0 Å². The fourth-order valence-corrected chi connectivity index (χ4v) is 3.07. The Balaban J connectivity index is 2.34. The van der Waals surface area contributed by atoms with Crippen molar-refractivity contribution in [1.82, 2.24) is 4.98 Å². The monoisotopic (exact) mass is 355 g/mol. The van der Waals surface area contributed by atoms with Crippen molar-refractivity contribution in [3.05, 3.63) is 33.1 Å². The summed E-state index contributed by atoms with van der Waals surface area (Å²) in [6.45, 7) is 4.68. The quantitative estimate of drug-likeness (QED) is 0.756. The number of rotatable bonds is 5. The van der Waals surface area contributed by atoms with Crippen LogP contribution in [0.1, 0.15) is 23.5 Å². The molecule has 6 heteroatoms. The van der Waals surface area contributed by atoms with E-state index in [2.05, 4.69) is 20.9 Å². The molecule has 0 saturated carbocycles. The minimum atomic E-state index is -0.348. The molecule has 4 nitrogen and oxygen atoms in total. The number of esters is 1. The Morgan fingerprint density at radius 2 is 1.95 bits per heavy atom. The lowest BCUT2D eigenvalue weighted by atomic mass is 10.1. The van der Waals surface area contributed by atoms with Gasteiger partial charge in [0.15, 0.2) is 3.92 Å². The van der Waals surface area contributed by atoms with E-state index in [1.165, 1.54) is 11.3 Å². The number of ether oxygens (including phenoxy) is 2. The summed E-state index contributed by atoms with van der Waals surface area (Å²) >= 11 is 4.59. The molecule has 0 aliphatic heterocycles. The minimum absolute atomic E-state index is 0.344. The summed E-state index contributed by atoms with van der Waals surface area (Å²) in [6, 6.07) is 7.49. The van der Waals surface area contributed by atoms with Crippen molar-refractivity contribution in [1.29, 1.82) is 0 Å². The summed E-state index contributed by atoms with van der Waals surface area (Å²) in [4.78, 5) is 16.8. The first-order valence-electron chi connectivity index (χ1n) is 6.22. The van der Waals surface area contributed by atoms with Crippen LogP contribution in [0.4, 0.5) is 0 Å². The van der Waals surface area contributed by atoms with E-state index in [-0.39, 0.29) is 5.97 Å². The number of nitrogens with zero attached hydrogens (tertiary/aromatic N) is 1. The second kappa shape index (κ2) is 6.85. The van der Waals surface area contributed by atoms with Crippen LogP contribution in [0.5, 0.6) is 5.75 Å². The average molecular weight is 356 g/mol. The fourth-order valence-electron chi connectivity index (χ4n) is 1.70. The van der Waals surface area contributed by atoms with E-state index in [0.717, 1.165) is 11.3 Å². The van der Waals surface area contributed by atoms with Gasteiger partial charge in [0.2, 0.25) is 0 Å². The highest BCUT2D eigenvalue weighted by molar-refractivity contribution is 9.11. The van der Waals surface area contributed by atoms with Crippen molar-refractivity contribution in [3.8, 4) is 17.0 Å². The van der Waals surface area contributed by atoms with E-state index in [9.17, 15) is 4.79 Å². The van der Waals surface area contributed by atoms with E-state index >= 15 is 0 Å². The Hall–Kier alpha value is -1.40. The minimum Gasteiger partial charge on any atom is -0.494 e. The Morgan fingerprint density at radius 1 is 1.25 bits per heavy atom. The predicted molar refractivity (Wildman–Crippen MR) is 82.4 cm³/mol. The molecule has 0 bridgehead atoms. The molecule has 0 radical (unpaired) electrons. The largest absolute Gasteiger partial charge is 0.494 e. The summed E-state index contributed by atoms with van der Waals surface area (Å²) in [5.74, 6) is 0.447. The molecule has 2 rings (SSSR count). The van der Waals surface area contributed by atoms with Crippen molar-refractivity contribution in [3.63, 3.8) is 0 Å². The predicted octanol–water partition coefficient (Wildman–Crippen LogP) is 4.15. The molecule has 0 unspecified atom stereocenters. The van der Waals surface area contributed by atoms with Gasteiger partial charge in [0.25, 0.3) is 0 Å². The molecule has 0 N–H and O–H groups in total. The zero-order valence-electron chi connectivity index (χ0n) is 11.2. The first-order valence-corrected chi connectivity index (χ1v) is 7.83. The number of aromatic nitrogens is 1. The molecule has 0 aliphatic rings. The molecule has 1 aromatic heterocycles. The van der Waals surface area contributed by atoms with Crippen LogP contribution >= 0.6 is 27.3 Å². The lowest BCUT2D eigenvalue weighted by Gasteiger charge is -2.05. The van der Waals surface area contributed by atoms with Gasteiger partial charge in [-0.15, -0.1) is 0 Å². The molecule has 0 atom stereocenters. The van der Waals surface area contributed by atoms with Crippen molar-refractivity contribution in [2.45, 2.75) is 13.8 Å². The van der Waals surface area contributed by atoms with Crippen molar-refractivity contribution >= 4 is 33.2 Å². The van der Waals surface area contributed by atoms with Gasteiger partial charge in [-0.2, -0.15) is 0 Å². The van der Waals surface area contributed by atoms with E-state index < -0.39 is 0 Å². The van der Waals surface area contributed by atoms with Crippen LogP contribution < -0.4 is 4.74 Å². The van der Waals surface area contributed by atoms with E-state index in [1.807, 2.05) is 31.2 Å². The van der Waals surface area contributed by atoms with Crippen LogP contribution in [-0.4, -0.2) is 24.2 Å². The summed E-state index contributed by atoms with van der Waals surface area (Å²) in [7, 11) is 0. The van der Waals surface area contributed by atoms with Gasteiger partial charge in [-0.25, -0.2) is 9.78 Å². The molecule has 20 heavy (non-hydrogen) atoms.